The number of allylic oxidation sites excluding steroid dienone is 1. The molecule has 2 heterocycles. The third kappa shape index (κ3) is 6.25. The first-order chi connectivity index (χ1) is 11.0. The van der Waals surface area contributed by atoms with Gasteiger partial charge in [-0.1, -0.05) is 11.6 Å². The lowest BCUT2D eigenvalue weighted by Crippen LogP contribution is -2.44. The molecule has 0 aliphatic carbocycles. The van der Waals surface area contributed by atoms with Gasteiger partial charge in [-0.2, -0.15) is 0 Å². The minimum absolute atomic E-state index is 0.0956. The first-order valence-electron chi connectivity index (χ1n) is 8.09. The van der Waals surface area contributed by atoms with Gasteiger partial charge in [0, 0.05) is 19.3 Å². The summed E-state index contributed by atoms with van der Waals surface area (Å²) >= 11 is 0. The molecule has 1 aromatic heterocycles. The molecule has 23 heavy (non-hydrogen) atoms. The number of nitrogens with zero attached hydrogens (tertiary/aromatic N) is 3. The van der Waals surface area contributed by atoms with Crippen molar-refractivity contribution in [3.63, 3.8) is 0 Å². The third-order valence-corrected chi connectivity index (χ3v) is 3.59. The van der Waals surface area contributed by atoms with Crippen LogP contribution in [-0.2, 0) is 16.0 Å². The van der Waals surface area contributed by atoms with E-state index in [4.69, 9.17) is 9.47 Å². The zero-order valence-electron chi connectivity index (χ0n) is 14.6. The standard InChI is InChI=1S/C17H28N4O2/c1-13(2)5-8-23-16-6-7-22-12-15(16)20-17-10-18-9-14(19-17)11-21(3)4/h5,9-10,15-16H,6-8,11-12H2,1-4H3,(H,19,20)/t15-,16+/m1/s1. The highest BCUT2D eigenvalue weighted by Gasteiger charge is 2.26. The van der Waals surface area contributed by atoms with Gasteiger partial charge in [0.1, 0.15) is 5.82 Å². The van der Waals surface area contributed by atoms with Crippen molar-refractivity contribution in [2.24, 2.45) is 0 Å². The van der Waals surface area contributed by atoms with Crippen LogP contribution in [0.3, 0.4) is 0 Å². The lowest BCUT2D eigenvalue weighted by atomic mass is 10.1. The summed E-state index contributed by atoms with van der Waals surface area (Å²) in [5, 5.41) is 3.42. The highest BCUT2D eigenvalue weighted by atomic mass is 16.5. The van der Waals surface area contributed by atoms with Crippen molar-refractivity contribution < 1.29 is 9.47 Å². The Balaban J connectivity index is 1.96. The Bertz CT molecular complexity index is 515. The number of hydrogen-bond donors (Lipinski definition) is 1. The van der Waals surface area contributed by atoms with Crippen LogP contribution in [-0.4, -0.2) is 60.9 Å². The monoisotopic (exact) mass is 320 g/mol. The summed E-state index contributed by atoms with van der Waals surface area (Å²) in [5.41, 5.74) is 2.21. The molecule has 1 aromatic rings. The Morgan fingerprint density at radius 1 is 1.43 bits per heavy atom. The summed E-state index contributed by atoms with van der Waals surface area (Å²) in [7, 11) is 4.04. The van der Waals surface area contributed by atoms with E-state index in [2.05, 4.69) is 40.1 Å². The van der Waals surface area contributed by atoms with Crippen LogP contribution in [0, 0.1) is 0 Å². The molecule has 0 saturated carbocycles. The van der Waals surface area contributed by atoms with E-state index in [1.54, 1.807) is 12.4 Å². The summed E-state index contributed by atoms with van der Waals surface area (Å²) in [6, 6.07) is 0.0956. The van der Waals surface area contributed by atoms with Gasteiger partial charge in [0.2, 0.25) is 0 Å². The first-order valence-corrected chi connectivity index (χ1v) is 8.09. The van der Waals surface area contributed by atoms with E-state index in [1.165, 1.54) is 5.57 Å². The van der Waals surface area contributed by atoms with E-state index in [0.717, 1.165) is 31.1 Å². The maximum atomic E-state index is 6.00. The SMILES string of the molecule is CC(C)=CCO[C@H]1CCOC[C@H]1Nc1cncc(CN(C)C)n1. The zero-order chi connectivity index (χ0) is 16.7. The second kappa shape index (κ2) is 8.96. The molecule has 1 N–H and O–H groups in total. The van der Waals surface area contributed by atoms with E-state index in [9.17, 15) is 0 Å². The van der Waals surface area contributed by atoms with Crippen LogP contribution in [0.2, 0.25) is 0 Å². The van der Waals surface area contributed by atoms with Crippen molar-refractivity contribution in [2.45, 2.75) is 39.0 Å². The Morgan fingerprint density at radius 2 is 2.26 bits per heavy atom. The van der Waals surface area contributed by atoms with Crippen LogP contribution in [0.1, 0.15) is 26.0 Å². The highest BCUT2D eigenvalue weighted by Crippen LogP contribution is 2.16. The van der Waals surface area contributed by atoms with Gasteiger partial charge in [-0.25, -0.2) is 4.98 Å². The van der Waals surface area contributed by atoms with Gasteiger partial charge in [0.15, 0.2) is 0 Å². The molecule has 128 valence electrons. The van der Waals surface area contributed by atoms with Crippen molar-refractivity contribution in [1.29, 1.82) is 0 Å². The molecule has 2 rings (SSSR count). The maximum Gasteiger partial charge on any atom is 0.145 e. The van der Waals surface area contributed by atoms with Crippen molar-refractivity contribution in [1.82, 2.24) is 14.9 Å². The maximum absolute atomic E-state index is 6.00. The zero-order valence-corrected chi connectivity index (χ0v) is 14.6. The number of ether oxygens (including phenoxy) is 2. The first kappa shape index (κ1) is 17.8. The van der Waals surface area contributed by atoms with Crippen LogP contribution in [0.25, 0.3) is 0 Å². The van der Waals surface area contributed by atoms with Gasteiger partial charge < -0.3 is 19.7 Å². The Morgan fingerprint density at radius 3 is 3.00 bits per heavy atom. The Hall–Kier alpha value is -1.50. The predicted octanol–water partition coefficient (Wildman–Crippen LogP) is 2.09. The fourth-order valence-corrected chi connectivity index (χ4v) is 2.46. The molecule has 1 saturated heterocycles. The quantitative estimate of drug-likeness (QED) is 0.776. The van der Waals surface area contributed by atoms with Gasteiger partial charge in [0.25, 0.3) is 0 Å². The molecule has 1 fully saturated rings. The molecule has 1 aliphatic heterocycles. The fourth-order valence-electron chi connectivity index (χ4n) is 2.46. The number of aromatic nitrogens is 2. The second-order valence-corrected chi connectivity index (χ2v) is 6.40. The van der Waals surface area contributed by atoms with Crippen LogP contribution in [0.5, 0.6) is 0 Å². The Labute approximate surface area is 138 Å². The summed E-state index contributed by atoms with van der Waals surface area (Å²) in [5.74, 6) is 0.774. The molecular formula is C17H28N4O2. The Kier molecular flexibility index (Phi) is 6.95. The van der Waals surface area contributed by atoms with Gasteiger partial charge in [-0.3, -0.25) is 4.98 Å². The van der Waals surface area contributed by atoms with Gasteiger partial charge >= 0.3 is 0 Å². The van der Waals surface area contributed by atoms with Crippen LogP contribution in [0.15, 0.2) is 24.0 Å². The van der Waals surface area contributed by atoms with Crippen molar-refractivity contribution in [3.05, 3.63) is 29.7 Å². The van der Waals surface area contributed by atoms with E-state index in [1.807, 2.05) is 14.1 Å². The smallest absolute Gasteiger partial charge is 0.145 e. The number of anilines is 1. The van der Waals surface area contributed by atoms with E-state index < -0.39 is 0 Å². The topological polar surface area (TPSA) is 59.5 Å². The van der Waals surface area contributed by atoms with Crippen molar-refractivity contribution in [3.8, 4) is 0 Å². The lowest BCUT2D eigenvalue weighted by molar-refractivity contribution is -0.0318. The largest absolute Gasteiger partial charge is 0.379 e. The second-order valence-electron chi connectivity index (χ2n) is 6.40. The number of nitrogens with one attached hydrogen (secondary N) is 1. The van der Waals surface area contributed by atoms with Gasteiger partial charge in [-0.15, -0.1) is 0 Å². The van der Waals surface area contributed by atoms with Crippen LogP contribution >= 0.6 is 0 Å². The van der Waals surface area contributed by atoms with Gasteiger partial charge in [0.05, 0.1) is 37.3 Å². The van der Waals surface area contributed by atoms with Crippen LogP contribution in [0.4, 0.5) is 5.82 Å². The molecule has 0 radical (unpaired) electrons. The minimum atomic E-state index is 0.0956. The molecule has 1 aliphatic rings. The molecule has 2 atom stereocenters. The predicted molar refractivity (Wildman–Crippen MR) is 91.4 cm³/mol. The summed E-state index contributed by atoms with van der Waals surface area (Å²) in [4.78, 5) is 11.0. The van der Waals surface area contributed by atoms with Crippen molar-refractivity contribution >= 4 is 5.82 Å². The van der Waals surface area contributed by atoms with E-state index in [0.29, 0.717) is 13.2 Å². The number of rotatable bonds is 7. The molecule has 0 amide bonds. The average Bonchev–Trinajstić information content (AvgIpc) is 2.48. The third-order valence-electron chi connectivity index (χ3n) is 3.59. The molecule has 0 aromatic carbocycles. The fraction of sp³-hybridized carbons (Fsp3) is 0.647. The molecule has 0 spiro atoms. The van der Waals surface area contributed by atoms with Crippen molar-refractivity contribution in [2.75, 3.05) is 39.2 Å². The molecule has 0 bridgehead atoms. The van der Waals surface area contributed by atoms with Gasteiger partial charge in [-0.05, 0) is 34.4 Å². The van der Waals surface area contributed by atoms with E-state index >= 15 is 0 Å². The number of hydrogen-bond acceptors (Lipinski definition) is 6. The minimum Gasteiger partial charge on any atom is -0.379 e. The molecule has 6 nitrogen and oxygen atoms in total. The average molecular weight is 320 g/mol. The summed E-state index contributed by atoms with van der Waals surface area (Å²) in [6.07, 6.45) is 6.66. The van der Waals surface area contributed by atoms with Crippen LogP contribution < -0.4 is 5.32 Å². The highest BCUT2D eigenvalue weighted by molar-refractivity contribution is 5.34. The normalized spacial score (nSPS) is 21.3. The van der Waals surface area contributed by atoms with E-state index in [-0.39, 0.29) is 12.1 Å². The molecule has 0 unspecified atom stereocenters. The molecular weight excluding hydrogens is 292 g/mol. The lowest BCUT2D eigenvalue weighted by Gasteiger charge is -2.32. The summed E-state index contributed by atoms with van der Waals surface area (Å²) < 4.78 is 11.6. The summed E-state index contributed by atoms with van der Waals surface area (Å²) in [6.45, 7) is 6.93. The molecule has 6 heteroatoms.